The standard InChI is InChI=1S/C11H12N4O2/c16-8-7-3-1-5-14(7)9-11(13-10(17)12-9)4-2-6-15(8)11/h1,3,5,9H,2,4,6H2,(H2,12,13,17). The van der Waals surface area contributed by atoms with E-state index in [-0.39, 0.29) is 18.1 Å². The Morgan fingerprint density at radius 1 is 1.41 bits per heavy atom. The quantitative estimate of drug-likeness (QED) is 0.673. The van der Waals surface area contributed by atoms with Crippen molar-refractivity contribution in [1.82, 2.24) is 20.1 Å². The van der Waals surface area contributed by atoms with Gasteiger partial charge in [0.15, 0.2) is 5.66 Å². The Hall–Kier alpha value is -1.98. The fourth-order valence-corrected chi connectivity index (χ4v) is 3.32. The Balaban J connectivity index is 1.96. The highest BCUT2D eigenvalue weighted by Gasteiger charge is 2.59. The van der Waals surface area contributed by atoms with Crippen molar-refractivity contribution in [2.45, 2.75) is 24.7 Å². The predicted octanol–water partition coefficient (Wildman–Crippen LogP) is 0.245. The summed E-state index contributed by atoms with van der Waals surface area (Å²) >= 11 is 0. The van der Waals surface area contributed by atoms with Crippen LogP contribution in [0, 0.1) is 0 Å². The molecule has 6 nitrogen and oxygen atoms in total. The van der Waals surface area contributed by atoms with Gasteiger partial charge < -0.3 is 20.1 Å². The van der Waals surface area contributed by atoms with E-state index in [4.69, 9.17) is 0 Å². The average Bonchev–Trinajstić information content (AvgIpc) is 2.96. The van der Waals surface area contributed by atoms with Crippen molar-refractivity contribution < 1.29 is 9.59 Å². The first-order valence-electron chi connectivity index (χ1n) is 5.80. The minimum absolute atomic E-state index is 0.00718. The molecule has 17 heavy (non-hydrogen) atoms. The third-order valence-corrected chi connectivity index (χ3v) is 3.99. The number of carbonyl (C=O) groups excluding carboxylic acids is 2. The predicted molar refractivity (Wildman–Crippen MR) is 58.1 cm³/mol. The van der Waals surface area contributed by atoms with Gasteiger partial charge in [-0.25, -0.2) is 4.79 Å². The number of hydrogen-bond donors (Lipinski definition) is 2. The summed E-state index contributed by atoms with van der Waals surface area (Å²) in [6, 6.07) is 3.44. The van der Waals surface area contributed by atoms with Crippen LogP contribution in [0.2, 0.25) is 0 Å². The minimum atomic E-state index is -0.555. The van der Waals surface area contributed by atoms with E-state index in [0.29, 0.717) is 12.2 Å². The van der Waals surface area contributed by atoms with Gasteiger partial charge in [-0.15, -0.1) is 0 Å². The van der Waals surface area contributed by atoms with Gasteiger partial charge in [-0.1, -0.05) is 0 Å². The second-order valence-electron chi connectivity index (χ2n) is 4.79. The van der Waals surface area contributed by atoms with Crippen LogP contribution in [0.4, 0.5) is 4.79 Å². The maximum Gasteiger partial charge on any atom is 0.318 e. The van der Waals surface area contributed by atoms with Crippen LogP contribution in [-0.4, -0.2) is 33.6 Å². The van der Waals surface area contributed by atoms with Gasteiger partial charge in [-0.3, -0.25) is 4.79 Å². The summed E-state index contributed by atoms with van der Waals surface area (Å²) in [5.74, 6) is 0.00718. The molecule has 88 valence electrons. The summed E-state index contributed by atoms with van der Waals surface area (Å²) in [6.07, 6.45) is 3.40. The Morgan fingerprint density at radius 2 is 2.29 bits per heavy atom. The summed E-state index contributed by atoms with van der Waals surface area (Å²) < 4.78 is 1.86. The molecule has 0 bridgehead atoms. The first-order chi connectivity index (χ1) is 8.22. The van der Waals surface area contributed by atoms with Crippen molar-refractivity contribution in [1.29, 1.82) is 0 Å². The third-order valence-electron chi connectivity index (χ3n) is 3.99. The molecule has 1 spiro atoms. The molecule has 2 atom stereocenters. The Labute approximate surface area is 97.6 Å². The lowest BCUT2D eigenvalue weighted by Crippen LogP contribution is -2.62. The monoisotopic (exact) mass is 232 g/mol. The highest BCUT2D eigenvalue weighted by atomic mass is 16.2. The van der Waals surface area contributed by atoms with Crippen molar-refractivity contribution in [2.24, 2.45) is 0 Å². The van der Waals surface area contributed by atoms with Gasteiger partial charge in [-0.05, 0) is 25.0 Å². The fourth-order valence-electron chi connectivity index (χ4n) is 3.32. The van der Waals surface area contributed by atoms with Gasteiger partial charge in [0, 0.05) is 12.7 Å². The molecule has 1 aromatic rings. The highest BCUT2D eigenvalue weighted by molar-refractivity contribution is 5.96. The normalized spacial score (nSPS) is 33.9. The van der Waals surface area contributed by atoms with Crippen LogP contribution < -0.4 is 10.6 Å². The molecule has 0 aliphatic carbocycles. The molecule has 3 aliphatic rings. The van der Waals surface area contributed by atoms with Gasteiger partial charge in [0.05, 0.1) is 0 Å². The van der Waals surface area contributed by atoms with E-state index in [9.17, 15) is 9.59 Å². The number of rotatable bonds is 0. The number of carbonyl (C=O) groups is 2. The Bertz CT molecular complexity index is 537. The molecule has 0 aromatic carbocycles. The zero-order valence-electron chi connectivity index (χ0n) is 9.14. The molecule has 4 rings (SSSR count). The van der Waals surface area contributed by atoms with E-state index in [0.717, 1.165) is 12.8 Å². The lowest BCUT2D eigenvalue weighted by Gasteiger charge is -2.43. The first-order valence-corrected chi connectivity index (χ1v) is 5.80. The lowest BCUT2D eigenvalue weighted by molar-refractivity contribution is 0.0313. The topological polar surface area (TPSA) is 66.4 Å². The molecule has 0 saturated carbocycles. The number of urea groups is 1. The largest absolute Gasteiger partial charge is 0.319 e. The zero-order chi connectivity index (χ0) is 11.6. The van der Waals surface area contributed by atoms with Crippen LogP contribution in [0.3, 0.4) is 0 Å². The smallest absolute Gasteiger partial charge is 0.318 e. The van der Waals surface area contributed by atoms with Crippen LogP contribution in [0.1, 0.15) is 29.5 Å². The molecular formula is C11H12N4O2. The second-order valence-corrected chi connectivity index (χ2v) is 4.79. The number of fused-ring (bicyclic) bond motifs is 2. The molecule has 1 aromatic heterocycles. The van der Waals surface area contributed by atoms with Gasteiger partial charge in [0.2, 0.25) is 0 Å². The van der Waals surface area contributed by atoms with E-state index < -0.39 is 5.66 Å². The van der Waals surface area contributed by atoms with E-state index in [1.54, 1.807) is 11.0 Å². The Morgan fingerprint density at radius 3 is 3.18 bits per heavy atom. The lowest BCUT2D eigenvalue weighted by atomic mass is 10.0. The van der Waals surface area contributed by atoms with Gasteiger partial charge in [-0.2, -0.15) is 0 Å². The number of hydrogen-bond acceptors (Lipinski definition) is 2. The maximum atomic E-state index is 12.3. The number of amides is 3. The number of nitrogens with one attached hydrogen (secondary N) is 2. The van der Waals surface area contributed by atoms with Crippen molar-refractivity contribution in [2.75, 3.05) is 6.54 Å². The van der Waals surface area contributed by atoms with Gasteiger partial charge >= 0.3 is 6.03 Å². The zero-order valence-corrected chi connectivity index (χ0v) is 9.14. The first kappa shape index (κ1) is 9.09. The molecule has 3 amide bonds. The van der Waals surface area contributed by atoms with E-state index in [2.05, 4.69) is 10.6 Å². The highest BCUT2D eigenvalue weighted by Crippen LogP contribution is 2.42. The number of aromatic nitrogens is 1. The number of nitrogens with zero attached hydrogens (tertiary/aromatic N) is 2. The summed E-state index contributed by atoms with van der Waals surface area (Å²) in [6.45, 7) is 0.711. The van der Waals surface area contributed by atoms with Crippen LogP contribution in [0.15, 0.2) is 18.3 Å². The van der Waals surface area contributed by atoms with Crippen LogP contribution in [-0.2, 0) is 0 Å². The van der Waals surface area contributed by atoms with Crippen LogP contribution in [0.25, 0.3) is 0 Å². The van der Waals surface area contributed by atoms with Gasteiger partial charge in [0.1, 0.15) is 11.9 Å². The SMILES string of the molecule is O=C1NC2n3cccc3C(=O)N3CCCC23N1. The van der Waals surface area contributed by atoms with Crippen molar-refractivity contribution in [3.8, 4) is 0 Å². The summed E-state index contributed by atoms with van der Waals surface area (Å²) in [4.78, 5) is 25.7. The maximum absolute atomic E-state index is 12.3. The fraction of sp³-hybridized carbons (Fsp3) is 0.455. The molecular weight excluding hydrogens is 220 g/mol. The van der Waals surface area contributed by atoms with Crippen molar-refractivity contribution in [3.05, 3.63) is 24.0 Å². The molecule has 2 unspecified atom stereocenters. The molecule has 3 aliphatic heterocycles. The molecule has 2 fully saturated rings. The van der Waals surface area contributed by atoms with Crippen LogP contribution in [0.5, 0.6) is 0 Å². The minimum Gasteiger partial charge on any atom is -0.319 e. The molecule has 4 heterocycles. The summed E-state index contributed by atoms with van der Waals surface area (Å²) in [5.41, 5.74) is 0.0942. The van der Waals surface area contributed by atoms with E-state index >= 15 is 0 Å². The second kappa shape index (κ2) is 2.64. The van der Waals surface area contributed by atoms with E-state index in [1.807, 2.05) is 16.8 Å². The van der Waals surface area contributed by atoms with Crippen LogP contribution >= 0.6 is 0 Å². The molecule has 2 N–H and O–H groups in total. The van der Waals surface area contributed by atoms with Crippen molar-refractivity contribution in [3.63, 3.8) is 0 Å². The molecule has 0 radical (unpaired) electrons. The molecule has 2 saturated heterocycles. The summed E-state index contributed by atoms with van der Waals surface area (Å²) in [7, 11) is 0. The Kier molecular flexibility index (Phi) is 1.41. The van der Waals surface area contributed by atoms with E-state index in [1.165, 1.54) is 0 Å². The summed E-state index contributed by atoms with van der Waals surface area (Å²) in [5, 5.41) is 5.83. The average molecular weight is 232 g/mol. The molecule has 6 heteroatoms. The van der Waals surface area contributed by atoms with Crippen molar-refractivity contribution >= 4 is 11.9 Å². The third kappa shape index (κ3) is 0.878. The van der Waals surface area contributed by atoms with Gasteiger partial charge in [0.25, 0.3) is 5.91 Å².